The smallest absolute Gasteiger partial charge is 0.325 e. The van der Waals surface area contributed by atoms with Crippen molar-refractivity contribution < 1.29 is 28.7 Å². The van der Waals surface area contributed by atoms with Crippen LogP contribution in [0, 0.1) is 0 Å². The number of hydrogen-bond donors (Lipinski definition) is 2. The van der Waals surface area contributed by atoms with E-state index >= 15 is 0 Å². The minimum atomic E-state index is -0.831. The van der Waals surface area contributed by atoms with E-state index in [9.17, 15) is 19.2 Å². The van der Waals surface area contributed by atoms with E-state index in [1.165, 1.54) is 37.4 Å². The number of nitrogens with one attached hydrogen (secondary N) is 2. The molecule has 0 fully saturated rings. The van der Waals surface area contributed by atoms with Crippen molar-refractivity contribution in [1.29, 1.82) is 0 Å². The predicted octanol–water partition coefficient (Wildman–Crippen LogP) is 1.58. The number of esters is 1. The Morgan fingerprint density at radius 1 is 0.964 bits per heavy atom. The van der Waals surface area contributed by atoms with Crippen LogP contribution in [0.25, 0.3) is 0 Å². The van der Waals surface area contributed by atoms with Crippen LogP contribution in [-0.4, -0.2) is 44.0 Å². The van der Waals surface area contributed by atoms with Gasteiger partial charge < -0.3 is 14.8 Å². The Balaban J connectivity index is 1.76. The molecule has 8 nitrogen and oxygen atoms in total. The Bertz CT molecular complexity index is 882. The van der Waals surface area contributed by atoms with Crippen molar-refractivity contribution >= 4 is 35.3 Å². The van der Waals surface area contributed by atoms with Gasteiger partial charge in [-0.2, -0.15) is 0 Å². The van der Waals surface area contributed by atoms with Crippen molar-refractivity contribution in [1.82, 2.24) is 10.6 Å². The second-order valence-electron chi connectivity index (χ2n) is 5.43. The zero-order chi connectivity index (χ0) is 20.5. The summed E-state index contributed by atoms with van der Waals surface area (Å²) in [6.07, 6.45) is 0. The topological polar surface area (TPSA) is 111 Å². The first kappa shape index (κ1) is 20.9. The summed E-state index contributed by atoms with van der Waals surface area (Å²) >= 11 is 5.73. The molecule has 0 heterocycles. The number of carbonyl (C=O) groups is 4. The van der Waals surface area contributed by atoms with E-state index in [1.54, 1.807) is 18.2 Å². The van der Waals surface area contributed by atoms with Crippen molar-refractivity contribution in [2.45, 2.75) is 0 Å². The number of hydrogen-bond acceptors (Lipinski definition) is 6. The lowest BCUT2D eigenvalue weighted by atomic mass is 10.2. The van der Waals surface area contributed by atoms with Crippen LogP contribution in [0.15, 0.2) is 48.5 Å². The molecule has 0 spiro atoms. The fraction of sp³-hybridized carbons (Fsp3) is 0.158. The second kappa shape index (κ2) is 10.1. The molecule has 2 aromatic carbocycles. The maximum atomic E-state index is 12.1. The van der Waals surface area contributed by atoms with Crippen LogP contribution in [0.4, 0.5) is 0 Å². The van der Waals surface area contributed by atoms with Gasteiger partial charge in [-0.05, 0) is 36.4 Å². The molecule has 146 valence electrons. The molecular formula is C19H17ClN2O6. The summed E-state index contributed by atoms with van der Waals surface area (Å²) < 4.78 is 9.77. The molecule has 0 saturated heterocycles. The van der Waals surface area contributed by atoms with Gasteiger partial charge in [0.1, 0.15) is 12.3 Å². The van der Waals surface area contributed by atoms with Gasteiger partial charge >= 0.3 is 5.97 Å². The number of carbonyl (C=O) groups excluding carboxylic acids is 4. The molecule has 2 rings (SSSR count). The number of amides is 3. The normalized spacial score (nSPS) is 9.93. The largest absolute Gasteiger partial charge is 0.496 e. The summed E-state index contributed by atoms with van der Waals surface area (Å²) in [5, 5.41) is 4.92. The fourth-order valence-electron chi connectivity index (χ4n) is 2.12. The number of methoxy groups -OCH3 is 1. The van der Waals surface area contributed by atoms with Gasteiger partial charge in [0.2, 0.25) is 0 Å². The van der Waals surface area contributed by atoms with Crippen molar-refractivity contribution in [3.05, 3.63) is 64.7 Å². The van der Waals surface area contributed by atoms with Gasteiger partial charge in [0.05, 0.1) is 12.7 Å². The summed E-state index contributed by atoms with van der Waals surface area (Å²) in [7, 11) is 1.40. The molecule has 0 aliphatic carbocycles. The van der Waals surface area contributed by atoms with Crippen LogP contribution in [0.2, 0.25) is 5.02 Å². The third-order valence-electron chi connectivity index (χ3n) is 3.47. The summed E-state index contributed by atoms with van der Waals surface area (Å²) in [5.41, 5.74) is 0.484. The van der Waals surface area contributed by atoms with Crippen LogP contribution >= 0.6 is 11.6 Å². The molecule has 0 atom stereocenters. The Kier molecular flexibility index (Phi) is 7.53. The number of benzene rings is 2. The first-order valence-electron chi connectivity index (χ1n) is 8.07. The van der Waals surface area contributed by atoms with Crippen LogP contribution < -0.4 is 15.4 Å². The SMILES string of the molecule is COc1ccccc1C(=O)NC(=O)COC(=O)CNC(=O)c1ccc(Cl)cc1. The first-order valence-corrected chi connectivity index (χ1v) is 8.45. The third-order valence-corrected chi connectivity index (χ3v) is 3.72. The third kappa shape index (κ3) is 6.10. The van der Waals surface area contributed by atoms with Crippen molar-refractivity contribution in [2.24, 2.45) is 0 Å². The maximum absolute atomic E-state index is 12.1. The molecule has 9 heteroatoms. The lowest BCUT2D eigenvalue weighted by molar-refractivity contribution is -0.147. The minimum absolute atomic E-state index is 0.167. The number of ether oxygens (including phenoxy) is 2. The Labute approximate surface area is 165 Å². The number of halogens is 1. The van der Waals surface area contributed by atoms with E-state index in [1.807, 2.05) is 0 Å². The van der Waals surface area contributed by atoms with Gasteiger partial charge in [-0.1, -0.05) is 23.7 Å². The highest BCUT2D eigenvalue weighted by atomic mass is 35.5. The van der Waals surface area contributed by atoms with Gasteiger partial charge in [-0.25, -0.2) is 0 Å². The van der Waals surface area contributed by atoms with Gasteiger partial charge in [-0.15, -0.1) is 0 Å². The Morgan fingerprint density at radius 3 is 2.32 bits per heavy atom. The highest BCUT2D eigenvalue weighted by molar-refractivity contribution is 6.30. The van der Waals surface area contributed by atoms with Crippen LogP contribution in [0.1, 0.15) is 20.7 Å². The Hall–Kier alpha value is -3.39. The van der Waals surface area contributed by atoms with Crippen molar-refractivity contribution in [3.63, 3.8) is 0 Å². The number of para-hydroxylation sites is 1. The molecule has 0 bridgehead atoms. The monoisotopic (exact) mass is 404 g/mol. The van der Waals surface area contributed by atoms with Crippen LogP contribution in [0.3, 0.4) is 0 Å². The Morgan fingerprint density at radius 2 is 1.64 bits per heavy atom. The minimum Gasteiger partial charge on any atom is -0.496 e. The van der Waals surface area contributed by atoms with E-state index in [0.717, 1.165) is 0 Å². The molecule has 0 unspecified atom stereocenters. The lowest BCUT2D eigenvalue weighted by Crippen LogP contribution is -2.36. The van der Waals surface area contributed by atoms with Gasteiger partial charge in [0.15, 0.2) is 6.61 Å². The first-order chi connectivity index (χ1) is 13.4. The molecule has 0 saturated carbocycles. The van der Waals surface area contributed by atoms with Crippen LogP contribution in [0.5, 0.6) is 5.75 Å². The molecule has 2 aromatic rings. The molecular weight excluding hydrogens is 388 g/mol. The molecule has 0 aliphatic rings. The van der Waals surface area contributed by atoms with Gasteiger partial charge in [-0.3, -0.25) is 24.5 Å². The van der Waals surface area contributed by atoms with E-state index in [0.29, 0.717) is 16.3 Å². The molecule has 0 aliphatic heterocycles. The highest BCUT2D eigenvalue weighted by Gasteiger charge is 2.16. The standard InChI is InChI=1S/C19H17ClN2O6/c1-27-15-5-3-2-4-14(15)19(26)22-16(23)11-28-17(24)10-21-18(25)12-6-8-13(20)9-7-12/h2-9H,10-11H2,1H3,(H,21,25)(H,22,23,26). The lowest BCUT2D eigenvalue weighted by Gasteiger charge is -2.09. The van der Waals surface area contributed by atoms with Gasteiger partial charge in [0.25, 0.3) is 17.7 Å². The van der Waals surface area contributed by atoms with E-state index in [2.05, 4.69) is 10.6 Å². The zero-order valence-corrected chi connectivity index (χ0v) is 15.6. The summed E-state index contributed by atoms with van der Waals surface area (Å²) in [5.74, 6) is -2.52. The maximum Gasteiger partial charge on any atom is 0.325 e. The van der Waals surface area contributed by atoms with Crippen molar-refractivity contribution in [3.8, 4) is 5.75 Å². The molecule has 0 aromatic heterocycles. The number of imide groups is 1. The quantitative estimate of drug-likeness (QED) is 0.678. The molecule has 3 amide bonds. The van der Waals surface area contributed by atoms with Crippen LogP contribution in [-0.2, 0) is 14.3 Å². The average Bonchev–Trinajstić information content (AvgIpc) is 2.70. The van der Waals surface area contributed by atoms with E-state index < -0.39 is 36.8 Å². The predicted molar refractivity (Wildman–Crippen MR) is 100 cm³/mol. The summed E-state index contributed by atoms with van der Waals surface area (Å²) in [6, 6.07) is 12.4. The summed E-state index contributed by atoms with van der Waals surface area (Å²) in [6.45, 7) is -1.11. The van der Waals surface area contributed by atoms with Gasteiger partial charge in [0, 0.05) is 10.6 Å². The van der Waals surface area contributed by atoms with E-state index in [-0.39, 0.29) is 5.56 Å². The molecule has 2 N–H and O–H groups in total. The fourth-order valence-corrected chi connectivity index (χ4v) is 2.24. The molecule has 28 heavy (non-hydrogen) atoms. The second-order valence-corrected chi connectivity index (χ2v) is 5.86. The summed E-state index contributed by atoms with van der Waals surface area (Å²) in [4.78, 5) is 47.3. The van der Waals surface area contributed by atoms with E-state index in [4.69, 9.17) is 21.1 Å². The van der Waals surface area contributed by atoms with Crippen molar-refractivity contribution in [2.75, 3.05) is 20.3 Å². The molecule has 0 radical (unpaired) electrons. The number of rotatable bonds is 7. The highest BCUT2D eigenvalue weighted by Crippen LogP contribution is 2.16. The zero-order valence-electron chi connectivity index (χ0n) is 14.9. The average molecular weight is 405 g/mol.